The van der Waals surface area contributed by atoms with Crippen LogP contribution < -0.4 is 10.1 Å². The first-order valence-electron chi connectivity index (χ1n) is 7.42. The minimum absolute atomic E-state index is 0.194. The Morgan fingerprint density at radius 2 is 2.05 bits per heavy atom. The van der Waals surface area contributed by atoms with E-state index in [0.717, 1.165) is 29.2 Å². The fourth-order valence-corrected chi connectivity index (χ4v) is 2.58. The summed E-state index contributed by atoms with van der Waals surface area (Å²) >= 11 is 0. The monoisotopic (exact) mass is 296 g/mol. The molecular weight excluding hydrogens is 276 g/mol. The molecule has 2 aromatic heterocycles. The van der Waals surface area contributed by atoms with Crippen molar-refractivity contribution in [2.24, 2.45) is 0 Å². The lowest BCUT2D eigenvalue weighted by molar-refractivity contribution is 0.414. The van der Waals surface area contributed by atoms with Gasteiger partial charge in [0.1, 0.15) is 11.3 Å². The smallest absolute Gasteiger partial charge is 0.152 e. The highest BCUT2D eigenvalue weighted by atomic mass is 16.5. The number of anilines is 1. The van der Waals surface area contributed by atoms with Gasteiger partial charge in [-0.05, 0) is 37.1 Å². The quantitative estimate of drug-likeness (QED) is 0.781. The summed E-state index contributed by atoms with van der Waals surface area (Å²) in [7, 11) is 1.68. The number of aromatic nitrogens is 3. The van der Waals surface area contributed by atoms with E-state index < -0.39 is 0 Å². The summed E-state index contributed by atoms with van der Waals surface area (Å²) in [6.45, 7) is 4.14. The molecule has 0 aliphatic rings. The van der Waals surface area contributed by atoms with E-state index in [0.29, 0.717) is 0 Å². The first-order valence-corrected chi connectivity index (χ1v) is 7.42. The molecule has 0 saturated carbocycles. The van der Waals surface area contributed by atoms with Crippen molar-refractivity contribution in [3.63, 3.8) is 0 Å². The lowest BCUT2D eigenvalue weighted by Crippen LogP contribution is -2.11. The van der Waals surface area contributed by atoms with E-state index >= 15 is 0 Å². The molecule has 1 atom stereocenters. The average molecular weight is 296 g/mol. The molecule has 2 heterocycles. The van der Waals surface area contributed by atoms with Crippen LogP contribution in [0.15, 0.2) is 42.7 Å². The van der Waals surface area contributed by atoms with E-state index in [1.165, 1.54) is 5.56 Å². The zero-order valence-corrected chi connectivity index (χ0v) is 13.1. The Hall–Kier alpha value is -2.56. The summed E-state index contributed by atoms with van der Waals surface area (Å²) in [4.78, 5) is 4.47. The molecule has 0 aliphatic heterocycles. The molecule has 0 amide bonds. The minimum atomic E-state index is 0.194. The number of ether oxygens (including phenoxy) is 1. The van der Waals surface area contributed by atoms with E-state index in [4.69, 9.17) is 4.74 Å². The van der Waals surface area contributed by atoms with Crippen molar-refractivity contribution in [2.75, 3.05) is 12.4 Å². The molecule has 1 unspecified atom stereocenters. The molecule has 0 bridgehead atoms. The Morgan fingerprint density at radius 1 is 1.27 bits per heavy atom. The number of hydrogen-bond donors (Lipinski definition) is 1. The van der Waals surface area contributed by atoms with Crippen LogP contribution in [0.25, 0.3) is 5.52 Å². The number of methoxy groups -OCH3 is 1. The summed E-state index contributed by atoms with van der Waals surface area (Å²) in [6.07, 6.45) is 4.59. The maximum atomic E-state index is 5.22. The predicted octanol–water partition coefficient (Wildman–Crippen LogP) is 3.61. The number of rotatable bonds is 5. The molecule has 0 aliphatic carbocycles. The van der Waals surface area contributed by atoms with Gasteiger partial charge in [0, 0.05) is 12.4 Å². The number of fused-ring (bicyclic) bond motifs is 1. The van der Waals surface area contributed by atoms with Crippen molar-refractivity contribution >= 4 is 11.3 Å². The number of aryl methyl sites for hydroxylation is 1. The Bertz CT molecular complexity index is 764. The summed E-state index contributed by atoms with van der Waals surface area (Å²) in [5, 5.41) is 7.95. The highest BCUT2D eigenvalue weighted by Gasteiger charge is 2.13. The van der Waals surface area contributed by atoms with Crippen LogP contribution >= 0.6 is 0 Å². The molecule has 0 fully saturated rings. The highest BCUT2D eigenvalue weighted by Crippen LogP contribution is 2.25. The Balaban J connectivity index is 1.90. The Labute approximate surface area is 130 Å². The SMILES string of the molecule is CCC(Nc1nccn2nc(C)cc12)c1ccc(OC)cc1. The zero-order chi connectivity index (χ0) is 15.5. The van der Waals surface area contributed by atoms with Gasteiger partial charge in [-0.15, -0.1) is 0 Å². The van der Waals surface area contributed by atoms with Crippen molar-refractivity contribution in [3.8, 4) is 5.75 Å². The number of nitrogens with one attached hydrogen (secondary N) is 1. The van der Waals surface area contributed by atoms with Crippen LogP contribution in [0, 0.1) is 6.92 Å². The third kappa shape index (κ3) is 2.74. The van der Waals surface area contributed by atoms with Crippen molar-refractivity contribution in [2.45, 2.75) is 26.3 Å². The van der Waals surface area contributed by atoms with Crippen LogP contribution in [-0.2, 0) is 0 Å². The molecule has 0 saturated heterocycles. The maximum Gasteiger partial charge on any atom is 0.152 e. The molecule has 114 valence electrons. The van der Waals surface area contributed by atoms with Gasteiger partial charge in [-0.25, -0.2) is 9.50 Å². The average Bonchev–Trinajstić information content (AvgIpc) is 2.93. The molecular formula is C17H20N4O. The van der Waals surface area contributed by atoms with E-state index in [1.54, 1.807) is 13.3 Å². The van der Waals surface area contributed by atoms with E-state index in [-0.39, 0.29) is 6.04 Å². The first kappa shape index (κ1) is 14.4. The summed E-state index contributed by atoms with van der Waals surface area (Å²) in [6, 6.07) is 10.4. The van der Waals surface area contributed by atoms with E-state index in [9.17, 15) is 0 Å². The second kappa shape index (κ2) is 6.05. The fourth-order valence-electron chi connectivity index (χ4n) is 2.58. The maximum absolute atomic E-state index is 5.22. The van der Waals surface area contributed by atoms with Gasteiger partial charge in [0.05, 0.1) is 18.8 Å². The molecule has 1 aromatic carbocycles. The van der Waals surface area contributed by atoms with Gasteiger partial charge in [0.2, 0.25) is 0 Å². The summed E-state index contributed by atoms with van der Waals surface area (Å²) < 4.78 is 7.07. The summed E-state index contributed by atoms with van der Waals surface area (Å²) in [5.74, 6) is 1.72. The third-order valence-corrected chi connectivity index (χ3v) is 3.75. The number of hydrogen-bond acceptors (Lipinski definition) is 4. The topological polar surface area (TPSA) is 51.5 Å². The third-order valence-electron chi connectivity index (χ3n) is 3.75. The van der Waals surface area contributed by atoms with Crippen LogP contribution in [0.4, 0.5) is 5.82 Å². The van der Waals surface area contributed by atoms with Crippen LogP contribution in [0.5, 0.6) is 5.75 Å². The molecule has 5 heteroatoms. The second-order valence-electron chi connectivity index (χ2n) is 5.27. The first-order chi connectivity index (χ1) is 10.7. The van der Waals surface area contributed by atoms with Crippen LogP contribution in [-0.4, -0.2) is 21.7 Å². The molecule has 0 radical (unpaired) electrons. The lowest BCUT2D eigenvalue weighted by atomic mass is 10.0. The molecule has 1 N–H and O–H groups in total. The van der Waals surface area contributed by atoms with Gasteiger partial charge in [-0.3, -0.25) is 0 Å². The van der Waals surface area contributed by atoms with Crippen LogP contribution in [0.2, 0.25) is 0 Å². The minimum Gasteiger partial charge on any atom is -0.497 e. The lowest BCUT2D eigenvalue weighted by Gasteiger charge is -2.18. The van der Waals surface area contributed by atoms with Crippen molar-refractivity contribution in [3.05, 3.63) is 54.0 Å². The van der Waals surface area contributed by atoms with Gasteiger partial charge in [-0.2, -0.15) is 5.10 Å². The highest BCUT2D eigenvalue weighted by molar-refractivity contribution is 5.68. The molecule has 0 spiro atoms. The standard InChI is InChI=1S/C17H20N4O/c1-4-15(13-5-7-14(22-3)8-6-13)19-17-16-11-12(2)20-21(16)10-9-18-17/h5-11,15H,4H2,1-3H3,(H,18,19). The molecule has 5 nitrogen and oxygen atoms in total. The van der Waals surface area contributed by atoms with E-state index in [1.807, 2.05) is 35.8 Å². The van der Waals surface area contributed by atoms with Crippen molar-refractivity contribution in [1.29, 1.82) is 0 Å². The van der Waals surface area contributed by atoms with Gasteiger partial charge >= 0.3 is 0 Å². The molecule has 3 rings (SSSR count). The summed E-state index contributed by atoms with van der Waals surface area (Å²) in [5.41, 5.74) is 3.18. The van der Waals surface area contributed by atoms with E-state index in [2.05, 4.69) is 34.5 Å². The molecule has 22 heavy (non-hydrogen) atoms. The van der Waals surface area contributed by atoms with Crippen LogP contribution in [0.3, 0.4) is 0 Å². The zero-order valence-electron chi connectivity index (χ0n) is 13.1. The van der Waals surface area contributed by atoms with Gasteiger partial charge < -0.3 is 10.1 Å². The van der Waals surface area contributed by atoms with Crippen molar-refractivity contribution < 1.29 is 4.74 Å². The Kier molecular flexibility index (Phi) is 3.96. The van der Waals surface area contributed by atoms with Crippen molar-refractivity contribution in [1.82, 2.24) is 14.6 Å². The fraction of sp³-hybridized carbons (Fsp3) is 0.294. The molecule has 3 aromatic rings. The van der Waals surface area contributed by atoms with Gasteiger partial charge in [0.15, 0.2) is 5.82 Å². The number of benzene rings is 1. The Morgan fingerprint density at radius 3 is 2.73 bits per heavy atom. The van der Waals surface area contributed by atoms with Crippen LogP contribution in [0.1, 0.15) is 30.6 Å². The second-order valence-corrected chi connectivity index (χ2v) is 5.27. The largest absolute Gasteiger partial charge is 0.497 e. The van der Waals surface area contributed by atoms with Gasteiger partial charge in [-0.1, -0.05) is 19.1 Å². The normalized spacial score (nSPS) is 12.3. The number of nitrogens with zero attached hydrogens (tertiary/aromatic N) is 3. The van der Waals surface area contributed by atoms with Gasteiger partial charge in [0.25, 0.3) is 0 Å². The predicted molar refractivity (Wildman–Crippen MR) is 87.4 cm³/mol.